The minimum absolute atomic E-state index is 0.204. The van der Waals surface area contributed by atoms with Crippen molar-refractivity contribution in [2.24, 2.45) is 0 Å². The molecular formula is C31H45FN2O3. The van der Waals surface area contributed by atoms with Gasteiger partial charge in [0, 0.05) is 25.1 Å². The van der Waals surface area contributed by atoms with E-state index in [-0.39, 0.29) is 17.3 Å². The highest BCUT2D eigenvalue weighted by molar-refractivity contribution is 5.73. The van der Waals surface area contributed by atoms with Crippen LogP contribution in [0.25, 0.3) is 0 Å². The van der Waals surface area contributed by atoms with Crippen LogP contribution in [0, 0.1) is 5.82 Å². The van der Waals surface area contributed by atoms with Crippen LogP contribution in [0.1, 0.15) is 95.2 Å². The molecule has 3 N–H and O–H groups in total. The summed E-state index contributed by atoms with van der Waals surface area (Å²) in [6.45, 7) is 8.78. The van der Waals surface area contributed by atoms with E-state index in [0.717, 1.165) is 38.5 Å². The Labute approximate surface area is 222 Å². The number of hydrogen-bond donors (Lipinski definition) is 3. The Bertz CT molecular complexity index is 1000. The molecule has 6 heteroatoms. The molecule has 0 spiro atoms. The van der Waals surface area contributed by atoms with Crippen molar-refractivity contribution in [3.05, 3.63) is 65.0 Å². The largest absolute Gasteiger partial charge is 0.493 e. The van der Waals surface area contributed by atoms with Gasteiger partial charge in [0.25, 0.3) is 0 Å². The maximum atomic E-state index is 14.3. The molecule has 0 unspecified atom stereocenters. The summed E-state index contributed by atoms with van der Waals surface area (Å²) in [6, 6.07) is 12.9. The van der Waals surface area contributed by atoms with Crippen LogP contribution in [-0.2, 0) is 16.8 Å². The van der Waals surface area contributed by atoms with Gasteiger partial charge in [0.2, 0.25) is 5.91 Å². The van der Waals surface area contributed by atoms with E-state index in [4.69, 9.17) is 4.74 Å². The normalized spacial score (nSPS) is 16.8. The Balaban J connectivity index is 1.76. The van der Waals surface area contributed by atoms with Crippen LogP contribution in [0.5, 0.6) is 5.75 Å². The van der Waals surface area contributed by atoms with Crippen molar-refractivity contribution in [3.8, 4) is 5.75 Å². The molecular weight excluding hydrogens is 467 g/mol. The second-order valence-electron chi connectivity index (χ2n) is 10.9. The van der Waals surface area contributed by atoms with Gasteiger partial charge < -0.3 is 20.5 Å². The fraction of sp³-hybridized carbons (Fsp3) is 0.581. The SMILES string of the molecule is CCCCOc1cc(F)cc(C[C@H](NC(C)=O)[C@H](O)CNC2(c3cccc(C(C)C)c3)CCCCC2)c1. The molecule has 2 aromatic rings. The predicted octanol–water partition coefficient (Wildman–Crippen LogP) is 5.99. The smallest absolute Gasteiger partial charge is 0.217 e. The Morgan fingerprint density at radius 2 is 1.89 bits per heavy atom. The molecule has 0 radical (unpaired) electrons. The van der Waals surface area contributed by atoms with Gasteiger partial charge >= 0.3 is 0 Å². The van der Waals surface area contributed by atoms with Crippen LogP contribution < -0.4 is 15.4 Å². The molecule has 1 amide bonds. The maximum Gasteiger partial charge on any atom is 0.217 e. The lowest BCUT2D eigenvalue weighted by Crippen LogP contribution is -2.53. The molecule has 0 bridgehead atoms. The number of halogens is 1. The first-order chi connectivity index (χ1) is 17.7. The first kappa shape index (κ1) is 29.1. The second kappa shape index (κ2) is 13.9. The Kier molecular flexibility index (Phi) is 11.0. The van der Waals surface area contributed by atoms with Crippen molar-refractivity contribution in [3.63, 3.8) is 0 Å². The number of benzene rings is 2. The van der Waals surface area contributed by atoms with Crippen molar-refractivity contribution in [1.29, 1.82) is 0 Å². The first-order valence-corrected chi connectivity index (χ1v) is 14.0. The molecule has 5 nitrogen and oxygen atoms in total. The molecule has 1 saturated carbocycles. The van der Waals surface area contributed by atoms with Crippen molar-refractivity contribution in [2.75, 3.05) is 13.2 Å². The second-order valence-corrected chi connectivity index (χ2v) is 10.9. The van der Waals surface area contributed by atoms with Crippen LogP contribution >= 0.6 is 0 Å². The van der Waals surface area contributed by atoms with Crippen LogP contribution in [-0.4, -0.2) is 36.3 Å². The summed E-state index contributed by atoms with van der Waals surface area (Å²) in [5.74, 6) is 0.308. The van der Waals surface area contributed by atoms with Gasteiger partial charge in [-0.2, -0.15) is 0 Å². The molecule has 204 valence electrons. The van der Waals surface area contributed by atoms with Crippen molar-refractivity contribution in [1.82, 2.24) is 10.6 Å². The molecule has 0 aliphatic heterocycles. The number of amides is 1. The number of carbonyl (C=O) groups excluding carboxylic acids is 1. The molecule has 1 aliphatic rings. The third kappa shape index (κ3) is 8.54. The molecule has 2 atom stereocenters. The highest BCUT2D eigenvalue weighted by atomic mass is 19.1. The third-order valence-electron chi connectivity index (χ3n) is 7.47. The number of aliphatic hydroxyl groups excluding tert-OH is 1. The van der Waals surface area contributed by atoms with Crippen molar-refractivity contribution >= 4 is 5.91 Å². The monoisotopic (exact) mass is 512 g/mol. The summed E-state index contributed by atoms with van der Waals surface area (Å²) < 4.78 is 20.0. The molecule has 2 aromatic carbocycles. The van der Waals surface area contributed by atoms with Gasteiger partial charge in [-0.1, -0.05) is 70.7 Å². The van der Waals surface area contributed by atoms with Gasteiger partial charge in [0.05, 0.1) is 18.8 Å². The minimum atomic E-state index is -0.844. The lowest BCUT2D eigenvalue weighted by molar-refractivity contribution is -0.120. The van der Waals surface area contributed by atoms with Gasteiger partial charge in [0.15, 0.2) is 0 Å². The van der Waals surface area contributed by atoms with E-state index in [1.807, 2.05) is 0 Å². The van der Waals surface area contributed by atoms with Gasteiger partial charge in [0.1, 0.15) is 11.6 Å². The number of ether oxygens (including phenoxy) is 1. The predicted molar refractivity (Wildman–Crippen MR) is 147 cm³/mol. The summed E-state index contributed by atoms with van der Waals surface area (Å²) >= 11 is 0. The fourth-order valence-electron chi connectivity index (χ4n) is 5.32. The topological polar surface area (TPSA) is 70.6 Å². The van der Waals surface area contributed by atoms with Crippen LogP contribution in [0.3, 0.4) is 0 Å². The molecule has 1 aliphatic carbocycles. The minimum Gasteiger partial charge on any atom is -0.493 e. The van der Waals surface area contributed by atoms with E-state index in [1.165, 1.54) is 36.6 Å². The van der Waals surface area contributed by atoms with E-state index < -0.39 is 12.1 Å². The highest BCUT2D eigenvalue weighted by Crippen LogP contribution is 2.38. The summed E-state index contributed by atoms with van der Waals surface area (Å²) in [7, 11) is 0. The Morgan fingerprint density at radius 3 is 2.57 bits per heavy atom. The molecule has 1 fully saturated rings. The molecule has 0 heterocycles. The van der Waals surface area contributed by atoms with Crippen molar-refractivity contribution in [2.45, 2.75) is 103 Å². The average Bonchev–Trinajstić information content (AvgIpc) is 2.87. The van der Waals surface area contributed by atoms with E-state index in [9.17, 15) is 14.3 Å². The quantitative estimate of drug-likeness (QED) is 0.289. The van der Waals surface area contributed by atoms with Gasteiger partial charge in [-0.05, 0) is 60.4 Å². The zero-order valence-electron chi connectivity index (χ0n) is 23.0. The highest BCUT2D eigenvalue weighted by Gasteiger charge is 2.35. The Morgan fingerprint density at radius 1 is 1.14 bits per heavy atom. The van der Waals surface area contributed by atoms with E-state index in [0.29, 0.717) is 36.8 Å². The van der Waals surface area contributed by atoms with Crippen LogP contribution in [0.15, 0.2) is 42.5 Å². The summed E-state index contributed by atoms with van der Waals surface area (Å²) in [5.41, 5.74) is 3.05. The zero-order valence-corrected chi connectivity index (χ0v) is 23.0. The standard InChI is InChI=1S/C31H45FN2O3/c1-5-6-15-37-28-17-24(16-27(32)20-28)18-29(34-23(4)35)30(36)21-33-31(13-8-7-9-14-31)26-12-10-11-25(19-26)22(2)3/h10-12,16-17,19-20,22,29-30,33,36H,5-9,13-15,18,21H2,1-4H3,(H,34,35)/t29-,30+/m0/s1. The third-order valence-corrected chi connectivity index (χ3v) is 7.47. The van der Waals surface area contributed by atoms with E-state index >= 15 is 0 Å². The van der Waals surface area contributed by atoms with Crippen LogP contribution in [0.2, 0.25) is 0 Å². The van der Waals surface area contributed by atoms with Crippen LogP contribution in [0.4, 0.5) is 4.39 Å². The van der Waals surface area contributed by atoms with E-state index in [1.54, 1.807) is 6.07 Å². The average molecular weight is 513 g/mol. The number of nitrogens with one attached hydrogen (secondary N) is 2. The first-order valence-electron chi connectivity index (χ1n) is 14.0. The van der Waals surface area contributed by atoms with Gasteiger partial charge in [-0.25, -0.2) is 4.39 Å². The number of hydrogen-bond acceptors (Lipinski definition) is 4. The number of aliphatic hydroxyl groups is 1. The number of unbranched alkanes of at least 4 members (excludes halogenated alkanes) is 1. The van der Waals surface area contributed by atoms with Crippen molar-refractivity contribution < 1.29 is 19.0 Å². The summed E-state index contributed by atoms with van der Waals surface area (Å²) in [6.07, 6.45) is 6.85. The molecule has 37 heavy (non-hydrogen) atoms. The maximum absolute atomic E-state index is 14.3. The lowest BCUT2D eigenvalue weighted by Gasteiger charge is -2.40. The lowest BCUT2D eigenvalue weighted by atomic mass is 9.75. The zero-order chi connectivity index (χ0) is 26.8. The van der Waals surface area contributed by atoms with Gasteiger partial charge in [-0.15, -0.1) is 0 Å². The van der Waals surface area contributed by atoms with E-state index in [2.05, 4.69) is 55.7 Å². The Hall–Kier alpha value is -2.44. The summed E-state index contributed by atoms with van der Waals surface area (Å²) in [4.78, 5) is 12.0. The van der Waals surface area contributed by atoms with Gasteiger partial charge in [-0.3, -0.25) is 4.79 Å². The molecule has 3 rings (SSSR count). The number of carbonyl (C=O) groups is 1. The number of rotatable bonds is 13. The molecule has 0 saturated heterocycles. The summed E-state index contributed by atoms with van der Waals surface area (Å²) in [5, 5.41) is 17.9. The molecule has 0 aromatic heterocycles. The fourth-order valence-corrected chi connectivity index (χ4v) is 5.32.